The minimum atomic E-state index is -0.938. The van der Waals surface area contributed by atoms with Gasteiger partial charge in [-0.2, -0.15) is 0 Å². The Kier molecular flexibility index (Phi) is 3.28. The topological polar surface area (TPSA) is 38.1 Å². The summed E-state index contributed by atoms with van der Waals surface area (Å²) in [5.74, 6) is -0.536. The second-order valence-electron chi connectivity index (χ2n) is 7.25. The number of fused-ring (bicyclic) bond motifs is 2. The van der Waals surface area contributed by atoms with Gasteiger partial charge >= 0.3 is 0 Å². The van der Waals surface area contributed by atoms with Crippen LogP contribution in [-0.4, -0.2) is 27.7 Å². The molecule has 1 saturated carbocycles. The van der Waals surface area contributed by atoms with Crippen molar-refractivity contribution in [2.45, 2.75) is 31.7 Å². The van der Waals surface area contributed by atoms with E-state index in [0.29, 0.717) is 17.6 Å². The van der Waals surface area contributed by atoms with Crippen LogP contribution in [0.25, 0.3) is 22.3 Å². The Morgan fingerprint density at radius 2 is 1.92 bits per heavy atom. The summed E-state index contributed by atoms with van der Waals surface area (Å²) in [6.07, 6.45) is 1.02. The van der Waals surface area contributed by atoms with E-state index in [1.165, 1.54) is 17.7 Å². The van der Waals surface area contributed by atoms with Crippen molar-refractivity contribution in [1.29, 1.82) is 0 Å². The Hall–Kier alpha value is -2.60. The highest BCUT2D eigenvalue weighted by atomic mass is 19.1. The number of pyridine rings is 2. The first kappa shape index (κ1) is 15.6. The fourth-order valence-corrected chi connectivity index (χ4v) is 3.79. The molecule has 2 atom stereocenters. The molecule has 1 aliphatic carbocycles. The van der Waals surface area contributed by atoms with E-state index in [2.05, 4.69) is 9.88 Å². The maximum atomic E-state index is 14.7. The van der Waals surface area contributed by atoms with Crippen molar-refractivity contribution in [3.05, 3.63) is 63.7 Å². The van der Waals surface area contributed by atoms with Gasteiger partial charge in [-0.3, -0.25) is 9.69 Å². The lowest BCUT2D eigenvalue weighted by Gasteiger charge is -2.11. The third-order valence-electron chi connectivity index (χ3n) is 5.25. The van der Waals surface area contributed by atoms with Gasteiger partial charge in [0.2, 0.25) is 0 Å². The lowest BCUT2D eigenvalue weighted by Crippen LogP contribution is -2.11. The molecule has 0 spiro atoms. The molecule has 26 heavy (non-hydrogen) atoms. The van der Waals surface area contributed by atoms with Crippen LogP contribution in [0.15, 0.2) is 41.3 Å². The highest BCUT2D eigenvalue weighted by Gasteiger charge is 2.39. The van der Waals surface area contributed by atoms with Crippen LogP contribution in [0.2, 0.25) is 0 Å². The van der Waals surface area contributed by atoms with Gasteiger partial charge in [0.1, 0.15) is 23.3 Å². The summed E-state index contributed by atoms with van der Waals surface area (Å²) in [6, 6.07) is 8.06. The molecule has 3 heterocycles. The van der Waals surface area contributed by atoms with E-state index in [1.54, 1.807) is 10.8 Å². The van der Waals surface area contributed by atoms with Crippen LogP contribution in [0.4, 0.5) is 8.78 Å². The van der Waals surface area contributed by atoms with Crippen LogP contribution in [0.1, 0.15) is 23.6 Å². The zero-order valence-corrected chi connectivity index (χ0v) is 14.2. The van der Waals surface area contributed by atoms with E-state index >= 15 is 0 Å². The Morgan fingerprint density at radius 3 is 2.69 bits per heavy atom. The molecule has 2 aliphatic rings. The van der Waals surface area contributed by atoms with E-state index in [0.717, 1.165) is 18.7 Å². The molecule has 0 saturated heterocycles. The van der Waals surface area contributed by atoms with Gasteiger partial charge in [-0.1, -0.05) is 12.1 Å². The van der Waals surface area contributed by atoms with Crippen LogP contribution in [0, 0.1) is 5.82 Å². The Labute approximate surface area is 148 Å². The molecular formula is C20H17F2N3O. The number of benzene rings is 1. The Balaban J connectivity index is 1.70. The second-order valence-corrected chi connectivity index (χ2v) is 7.25. The van der Waals surface area contributed by atoms with Crippen molar-refractivity contribution in [3.8, 4) is 11.3 Å². The van der Waals surface area contributed by atoms with Crippen LogP contribution in [-0.2, 0) is 13.1 Å². The van der Waals surface area contributed by atoms with Gasteiger partial charge in [-0.25, -0.2) is 13.8 Å². The molecule has 0 N–H and O–H groups in total. The van der Waals surface area contributed by atoms with Crippen molar-refractivity contribution in [2.24, 2.45) is 0 Å². The van der Waals surface area contributed by atoms with Gasteiger partial charge in [-0.15, -0.1) is 0 Å². The van der Waals surface area contributed by atoms with Gasteiger partial charge in [0, 0.05) is 37.3 Å². The molecule has 1 aliphatic heterocycles. The summed E-state index contributed by atoms with van der Waals surface area (Å²) in [5.41, 5.74) is 3.30. The number of nitrogens with zero attached hydrogens (tertiary/aromatic N) is 3. The number of alkyl halides is 1. The first-order valence-electron chi connectivity index (χ1n) is 8.67. The summed E-state index contributed by atoms with van der Waals surface area (Å²) in [6.45, 7) is 1.69. The van der Waals surface area contributed by atoms with Gasteiger partial charge in [0.05, 0.1) is 11.4 Å². The molecule has 3 aromatic rings. The number of hydrogen-bond acceptors (Lipinski definition) is 3. The smallest absolute Gasteiger partial charge is 0.191 e. The summed E-state index contributed by atoms with van der Waals surface area (Å²) in [5, 5.41) is 0.189. The lowest BCUT2D eigenvalue weighted by molar-refractivity contribution is 0.353. The monoisotopic (exact) mass is 353 g/mol. The summed E-state index contributed by atoms with van der Waals surface area (Å²) >= 11 is 0. The number of aromatic nitrogens is 2. The predicted octanol–water partition coefficient (Wildman–Crippen LogP) is 3.43. The van der Waals surface area contributed by atoms with E-state index in [1.807, 2.05) is 25.2 Å². The number of halogens is 2. The zero-order chi connectivity index (χ0) is 18.0. The fraction of sp³-hybridized carbons (Fsp3) is 0.300. The fourth-order valence-electron chi connectivity index (χ4n) is 3.79. The molecule has 0 amide bonds. The lowest BCUT2D eigenvalue weighted by atomic mass is 10.0. The molecular weight excluding hydrogens is 336 g/mol. The average Bonchev–Trinajstić information content (AvgIpc) is 3.20. The maximum Gasteiger partial charge on any atom is 0.191 e. The zero-order valence-electron chi connectivity index (χ0n) is 14.2. The quantitative estimate of drug-likeness (QED) is 0.708. The van der Waals surface area contributed by atoms with E-state index in [9.17, 15) is 13.6 Å². The van der Waals surface area contributed by atoms with Gasteiger partial charge in [-0.05, 0) is 30.3 Å². The molecule has 1 aromatic carbocycles. The van der Waals surface area contributed by atoms with Crippen molar-refractivity contribution in [2.75, 3.05) is 7.05 Å². The molecule has 5 rings (SSSR count). The second kappa shape index (κ2) is 5.45. The minimum Gasteiger partial charge on any atom is -0.326 e. The first-order chi connectivity index (χ1) is 12.5. The van der Waals surface area contributed by atoms with E-state index in [4.69, 9.17) is 0 Å². The van der Waals surface area contributed by atoms with Gasteiger partial charge in [0.25, 0.3) is 0 Å². The maximum absolute atomic E-state index is 14.7. The van der Waals surface area contributed by atoms with Crippen LogP contribution in [0.3, 0.4) is 0 Å². The molecule has 2 aromatic heterocycles. The van der Waals surface area contributed by atoms with Crippen molar-refractivity contribution >= 4 is 11.0 Å². The Bertz CT molecular complexity index is 1110. The third-order valence-corrected chi connectivity index (χ3v) is 5.25. The standard InChI is InChI=1S/C20H17F2N3O/c1-24-9-12-3-2-11(6-13(12)10-24)19-16(22)7-14-18(26)4-5-25(20(14)23-19)17-8-15(17)21/h2-7,15,17H,8-10H2,1H3/t15-,17+/m0/s1. The van der Waals surface area contributed by atoms with E-state index < -0.39 is 12.0 Å². The molecule has 0 unspecified atom stereocenters. The highest BCUT2D eigenvalue weighted by Crippen LogP contribution is 2.40. The average molecular weight is 353 g/mol. The first-order valence-corrected chi connectivity index (χ1v) is 8.67. The third kappa shape index (κ3) is 2.36. The summed E-state index contributed by atoms with van der Waals surface area (Å²) in [4.78, 5) is 18.8. The Morgan fingerprint density at radius 1 is 1.15 bits per heavy atom. The largest absolute Gasteiger partial charge is 0.326 e. The minimum absolute atomic E-state index is 0.189. The van der Waals surface area contributed by atoms with Crippen LogP contribution >= 0.6 is 0 Å². The highest BCUT2D eigenvalue weighted by molar-refractivity contribution is 5.79. The van der Waals surface area contributed by atoms with E-state index in [-0.39, 0.29) is 22.6 Å². The van der Waals surface area contributed by atoms with Gasteiger partial charge < -0.3 is 4.57 Å². The number of rotatable bonds is 2. The van der Waals surface area contributed by atoms with Crippen molar-refractivity contribution in [3.63, 3.8) is 0 Å². The van der Waals surface area contributed by atoms with Crippen LogP contribution in [0.5, 0.6) is 0 Å². The molecule has 1 fully saturated rings. The molecule has 132 valence electrons. The molecule has 0 radical (unpaired) electrons. The molecule has 6 heteroatoms. The van der Waals surface area contributed by atoms with Crippen LogP contribution < -0.4 is 5.43 Å². The SMILES string of the molecule is CN1Cc2ccc(-c3nc4c(cc3F)c(=O)ccn4[C@@H]3C[C@@H]3F)cc2C1. The predicted molar refractivity (Wildman–Crippen MR) is 95.1 cm³/mol. The van der Waals surface area contributed by atoms with Crippen molar-refractivity contribution < 1.29 is 8.78 Å². The van der Waals surface area contributed by atoms with Crippen molar-refractivity contribution in [1.82, 2.24) is 14.5 Å². The normalized spacial score (nSPS) is 22.0. The van der Waals surface area contributed by atoms with Gasteiger partial charge in [0.15, 0.2) is 5.43 Å². The summed E-state index contributed by atoms with van der Waals surface area (Å²) < 4.78 is 30.0. The molecule has 4 nitrogen and oxygen atoms in total. The molecule has 0 bridgehead atoms. The summed E-state index contributed by atoms with van der Waals surface area (Å²) in [7, 11) is 2.04. The number of hydrogen-bond donors (Lipinski definition) is 0.